The molecule has 1 heterocycles. The van der Waals surface area contributed by atoms with Crippen LogP contribution in [-0.4, -0.2) is 28.8 Å². The number of aromatic nitrogens is 2. The van der Waals surface area contributed by atoms with Crippen LogP contribution in [0.15, 0.2) is 53.3 Å². The van der Waals surface area contributed by atoms with Crippen LogP contribution >= 0.6 is 0 Å². The van der Waals surface area contributed by atoms with Crippen LogP contribution in [-0.2, 0) is 6.42 Å². The number of carbonyl (C=O) groups excluding carboxylic acids is 1. The summed E-state index contributed by atoms with van der Waals surface area (Å²) in [5, 5.41) is 3.42. The first-order chi connectivity index (χ1) is 12.2. The van der Waals surface area contributed by atoms with Crippen molar-refractivity contribution in [2.24, 2.45) is 0 Å². The van der Waals surface area contributed by atoms with Crippen LogP contribution < -0.4 is 11.0 Å². The van der Waals surface area contributed by atoms with Crippen molar-refractivity contribution in [3.8, 4) is 0 Å². The Morgan fingerprint density at radius 3 is 2.56 bits per heavy atom. The van der Waals surface area contributed by atoms with Crippen LogP contribution in [0.25, 0.3) is 11.0 Å². The predicted octanol–water partition coefficient (Wildman–Crippen LogP) is 3.04. The molecule has 0 saturated carbocycles. The second-order valence-electron chi connectivity index (χ2n) is 6.21. The van der Waals surface area contributed by atoms with Crippen molar-refractivity contribution in [1.82, 2.24) is 15.3 Å². The summed E-state index contributed by atoms with van der Waals surface area (Å²) in [4.78, 5) is 28.9. The highest BCUT2D eigenvalue weighted by atomic mass is 16.1. The summed E-state index contributed by atoms with van der Waals surface area (Å²) in [7, 11) is 0. The van der Waals surface area contributed by atoms with Crippen LogP contribution in [0.2, 0.25) is 0 Å². The van der Waals surface area contributed by atoms with Gasteiger partial charge in [-0.15, -0.1) is 0 Å². The van der Waals surface area contributed by atoms with Crippen molar-refractivity contribution in [1.29, 1.82) is 0 Å². The lowest BCUT2D eigenvalue weighted by molar-refractivity contribution is 0.0979. The number of benzene rings is 2. The molecule has 1 aromatic heterocycles. The third-order valence-corrected chi connectivity index (χ3v) is 4.28. The van der Waals surface area contributed by atoms with E-state index in [9.17, 15) is 9.59 Å². The molecule has 0 fully saturated rings. The third kappa shape index (κ3) is 4.90. The van der Waals surface area contributed by atoms with Gasteiger partial charge in [0, 0.05) is 12.0 Å². The molecule has 0 saturated heterocycles. The van der Waals surface area contributed by atoms with E-state index in [-0.39, 0.29) is 11.5 Å². The number of carbonyl (C=O) groups is 1. The topological polar surface area (TPSA) is 77.8 Å². The number of unbranched alkanes of at least 4 members (excludes halogenated alkanes) is 1. The van der Waals surface area contributed by atoms with Crippen LogP contribution in [0.4, 0.5) is 0 Å². The van der Waals surface area contributed by atoms with E-state index in [4.69, 9.17) is 0 Å². The molecule has 5 heteroatoms. The number of Topliss-reactive ketones (excluding diaryl/α,β-unsaturated/α-hetero) is 1. The highest BCUT2D eigenvalue weighted by molar-refractivity contribution is 5.98. The first kappa shape index (κ1) is 17.2. The number of hydrogen-bond acceptors (Lipinski definition) is 3. The van der Waals surface area contributed by atoms with Gasteiger partial charge >= 0.3 is 5.69 Å². The van der Waals surface area contributed by atoms with Gasteiger partial charge in [-0.1, -0.05) is 30.3 Å². The lowest BCUT2D eigenvalue weighted by Gasteiger charge is -2.05. The van der Waals surface area contributed by atoms with Crippen LogP contribution in [0.1, 0.15) is 35.2 Å². The minimum Gasteiger partial charge on any atom is -0.316 e. The average molecular weight is 337 g/mol. The number of H-pyrrole nitrogens is 2. The maximum Gasteiger partial charge on any atom is 0.323 e. The zero-order valence-corrected chi connectivity index (χ0v) is 14.2. The van der Waals surface area contributed by atoms with Gasteiger partial charge in [-0.2, -0.15) is 0 Å². The Balaban J connectivity index is 1.35. The molecule has 0 aliphatic carbocycles. The van der Waals surface area contributed by atoms with E-state index in [0.717, 1.165) is 37.9 Å². The number of fused-ring (bicyclic) bond motifs is 1. The first-order valence-corrected chi connectivity index (χ1v) is 8.72. The molecule has 130 valence electrons. The molecule has 2 aromatic carbocycles. The molecule has 0 unspecified atom stereocenters. The molecular weight excluding hydrogens is 314 g/mol. The van der Waals surface area contributed by atoms with Crippen molar-refractivity contribution in [2.45, 2.75) is 25.7 Å². The molecule has 0 amide bonds. The standard InChI is InChI=1S/C20H23N3O2/c24-19(16-9-10-17-18(14-16)23-20(25)22-17)8-4-5-12-21-13-11-15-6-2-1-3-7-15/h1-3,6-7,9-10,14,21H,4-5,8,11-13H2,(H2,22,23,25). The largest absolute Gasteiger partial charge is 0.323 e. The Bertz CT molecular complexity index is 881. The number of imidazole rings is 1. The fraction of sp³-hybridized carbons (Fsp3) is 0.300. The summed E-state index contributed by atoms with van der Waals surface area (Å²) in [5.74, 6) is 0.119. The maximum absolute atomic E-state index is 12.2. The van der Waals surface area contributed by atoms with Crippen molar-refractivity contribution in [2.75, 3.05) is 13.1 Å². The Morgan fingerprint density at radius 2 is 1.72 bits per heavy atom. The lowest BCUT2D eigenvalue weighted by Crippen LogP contribution is -2.18. The number of nitrogens with one attached hydrogen (secondary N) is 3. The van der Waals surface area contributed by atoms with Crippen LogP contribution in [0.5, 0.6) is 0 Å². The summed E-state index contributed by atoms with van der Waals surface area (Å²) in [6.07, 6.45) is 3.39. The van der Waals surface area contributed by atoms with Gasteiger partial charge in [-0.05, 0) is 56.1 Å². The second kappa shape index (κ2) is 8.44. The first-order valence-electron chi connectivity index (χ1n) is 8.72. The van der Waals surface area contributed by atoms with Gasteiger partial charge < -0.3 is 15.3 Å². The van der Waals surface area contributed by atoms with E-state index < -0.39 is 0 Å². The Labute approximate surface area is 146 Å². The van der Waals surface area contributed by atoms with E-state index in [1.54, 1.807) is 18.2 Å². The number of hydrogen-bond donors (Lipinski definition) is 3. The van der Waals surface area contributed by atoms with E-state index >= 15 is 0 Å². The van der Waals surface area contributed by atoms with Gasteiger partial charge in [0.1, 0.15) is 0 Å². The summed E-state index contributed by atoms with van der Waals surface area (Å²) >= 11 is 0. The molecule has 0 aliphatic rings. The summed E-state index contributed by atoms with van der Waals surface area (Å²) in [5.41, 5.74) is 3.15. The van der Waals surface area contributed by atoms with Crippen LogP contribution in [0.3, 0.4) is 0 Å². The molecule has 3 N–H and O–H groups in total. The SMILES string of the molecule is O=C(CCCCNCCc1ccccc1)c1ccc2[nH]c(=O)[nH]c2c1. The smallest absolute Gasteiger partial charge is 0.316 e. The predicted molar refractivity (Wildman–Crippen MR) is 100 cm³/mol. The molecule has 3 aromatic rings. The number of ketones is 1. The van der Waals surface area contributed by atoms with E-state index in [0.29, 0.717) is 17.5 Å². The zero-order chi connectivity index (χ0) is 17.5. The molecule has 0 aliphatic heterocycles. The summed E-state index contributed by atoms with van der Waals surface area (Å²) in [6.45, 7) is 1.87. The fourth-order valence-electron chi connectivity index (χ4n) is 2.89. The highest BCUT2D eigenvalue weighted by Crippen LogP contribution is 2.13. The maximum atomic E-state index is 12.2. The number of aromatic amines is 2. The minimum absolute atomic E-state index is 0.119. The van der Waals surface area contributed by atoms with E-state index in [1.807, 2.05) is 6.07 Å². The minimum atomic E-state index is -0.249. The van der Waals surface area contributed by atoms with E-state index in [1.165, 1.54) is 5.56 Å². The Morgan fingerprint density at radius 1 is 0.920 bits per heavy atom. The molecule has 0 bridgehead atoms. The van der Waals surface area contributed by atoms with Gasteiger partial charge in [0.25, 0.3) is 0 Å². The van der Waals surface area contributed by atoms with Crippen molar-refractivity contribution in [3.63, 3.8) is 0 Å². The fourth-order valence-corrected chi connectivity index (χ4v) is 2.89. The van der Waals surface area contributed by atoms with Gasteiger partial charge in [0.15, 0.2) is 5.78 Å². The summed E-state index contributed by atoms with van der Waals surface area (Å²) < 4.78 is 0. The van der Waals surface area contributed by atoms with Gasteiger partial charge in [-0.3, -0.25) is 4.79 Å². The van der Waals surface area contributed by atoms with Crippen molar-refractivity contribution >= 4 is 16.8 Å². The lowest BCUT2D eigenvalue weighted by atomic mass is 10.0. The molecule has 3 rings (SSSR count). The molecule has 0 atom stereocenters. The van der Waals surface area contributed by atoms with Gasteiger partial charge in [-0.25, -0.2) is 4.79 Å². The van der Waals surface area contributed by atoms with Crippen molar-refractivity contribution in [3.05, 3.63) is 70.1 Å². The van der Waals surface area contributed by atoms with Crippen LogP contribution in [0, 0.1) is 0 Å². The molecule has 5 nitrogen and oxygen atoms in total. The third-order valence-electron chi connectivity index (χ3n) is 4.28. The Kier molecular flexibility index (Phi) is 5.80. The zero-order valence-electron chi connectivity index (χ0n) is 14.2. The van der Waals surface area contributed by atoms with Crippen molar-refractivity contribution < 1.29 is 4.79 Å². The number of rotatable bonds is 9. The molecule has 25 heavy (non-hydrogen) atoms. The normalized spacial score (nSPS) is 11.0. The quantitative estimate of drug-likeness (QED) is 0.415. The molecule has 0 spiro atoms. The summed E-state index contributed by atoms with van der Waals surface area (Å²) in [6, 6.07) is 15.7. The average Bonchev–Trinajstić information content (AvgIpc) is 3.00. The van der Waals surface area contributed by atoms with E-state index in [2.05, 4.69) is 39.6 Å². The molecule has 0 radical (unpaired) electrons. The van der Waals surface area contributed by atoms with Gasteiger partial charge in [0.05, 0.1) is 11.0 Å². The molecular formula is C20H23N3O2. The second-order valence-corrected chi connectivity index (χ2v) is 6.21. The Hall–Kier alpha value is -2.66. The van der Waals surface area contributed by atoms with Gasteiger partial charge in [0.2, 0.25) is 0 Å². The highest BCUT2D eigenvalue weighted by Gasteiger charge is 2.07. The monoisotopic (exact) mass is 337 g/mol.